The molecule has 0 spiro atoms. The van der Waals surface area contributed by atoms with E-state index >= 15 is 0 Å². The van der Waals surface area contributed by atoms with E-state index in [1.54, 1.807) is 22.7 Å². The van der Waals surface area contributed by atoms with Crippen molar-refractivity contribution in [2.75, 3.05) is 19.6 Å². The molecule has 134 valence electrons. The molecule has 1 amide bonds. The Hall–Kier alpha value is -2.20. The van der Waals surface area contributed by atoms with Crippen LogP contribution in [0, 0.1) is 0 Å². The number of hydrogen-bond donors (Lipinski definition) is 0. The number of nitrogens with zero attached hydrogens (tertiary/aromatic N) is 6. The van der Waals surface area contributed by atoms with Crippen LogP contribution < -0.4 is 0 Å². The molecule has 0 bridgehead atoms. The van der Waals surface area contributed by atoms with Crippen LogP contribution in [0.3, 0.4) is 0 Å². The zero-order valence-corrected chi connectivity index (χ0v) is 14.8. The Morgan fingerprint density at radius 1 is 1.36 bits per heavy atom. The van der Waals surface area contributed by atoms with Gasteiger partial charge in [0.2, 0.25) is 5.91 Å². The van der Waals surface area contributed by atoms with Crippen molar-refractivity contribution in [2.45, 2.75) is 30.5 Å². The third-order valence-electron chi connectivity index (χ3n) is 4.74. The standard InChI is InChI=1S/C15H20N6O3S/c1-18-10-14(16-11-18)25(23,24)20-8-12-4-5-17-21(12)13(9-20)7-19-6-2-3-15(19)22/h4-5,10-11,13H,2-3,6-9H2,1H3/t13-/m1/s1. The number of aromatic nitrogens is 4. The van der Waals surface area contributed by atoms with Crippen LogP contribution in [0.15, 0.2) is 29.8 Å². The SMILES string of the molecule is Cn1cnc(S(=O)(=O)N2Cc3ccnn3[C@H](CN3CCCC3=O)C2)c1. The summed E-state index contributed by atoms with van der Waals surface area (Å²) in [6.45, 7) is 1.72. The highest BCUT2D eigenvalue weighted by Gasteiger charge is 2.36. The van der Waals surface area contributed by atoms with Gasteiger partial charge in [0.15, 0.2) is 5.03 Å². The fourth-order valence-corrected chi connectivity index (χ4v) is 4.89. The minimum absolute atomic E-state index is 0.0407. The number of carbonyl (C=O) groups excluding carboxylic acids is 1. The van der Waals surface area contributed by atoms with Gasteiger partial charge >= 0.3 is 0 Å². The molecule has 0 unspecified atom stereocenters. The molecule has 4 heterocycles. The Morgan fingerprint density at radius 3 is 2.88 bits per heavy atom. The van der Waals surface area contributed by atoms with Crippen molar-refractivity contribution >= 4 is 15.9 Å². The summed E-state index contributed by atoms with van der Waals surface area (Å²) in [4.78, 5) is 17.7. The number of fused-ring (bicyclic) bond motifs is 1. The summed E-state index contributed by atoms with van der Waals surface area (Å²) in [6.07, 6.45) is 6.06. The Bertz CT molecular complexity index is 902. The van der Waals surface area contributed by atoms with Gasteiger partial charge in [0.05, 0.1) is 24.6 Å². The minimum atomic E-state index is -3.69. The third-order valence-corrected chi connectivity index (χ3v) is 6.44. The van der Waals surface area contributed by atoms with Gasteiger partial charge in [-0.15, -0.1) is 0 Å². The molecule has 1 fully saturated rings. The van der Waals surface area contributed by atoms with Crippen molar-refractivity contribution in [1.29, 1.82) is 0 Å². The van der Waals surface area contributed by atoms with Gasteiger partial charge in [-0.2, -0.15) is 9.40 Å². The molecule has 2 aliphatic heterocycles. The van der Waals surface area contributed by atoms with Crippen molar-refractivity contribution in [3.8, 4) is 0 Å². The first-order valence-electron chi connectivity index (χ1n) is 8.23. The quantitative estimate of drug-likeness (QED) is 0.760. The first-order chi connectivity index (χ1) is 11.9. The number of carbonyl (C=O) groups is 1. The lowest BCUT2D eigenvalue weighted by Crippen LogP contribution is -2.45. The number of likely N-dealkylation sites (tertiary alicyclic amines) is 1. The summed E-state index contributed by atoms with van der Waals surface area (Å²) in [5, 5.41) is 4.38. The molecule has 1 saturated heterocycles. The van der Waals surface area contributed by atoms with Gasteiger partial charge in [-0.05, 0) is 12.5 Å². The lowest BCUT2D eigenvalue weighted by Gasteiger charge is -2.34. The maximum Gasteiger partial charge on any atom is 0.262 e. The largest absolute Gasteiger partial charge is 0.340 e. The van der Waals surface area contributed by atoms with E-state index in [0.717, 1.165) is 18.7 Å². The molecule has 0 aromatic carbocycles. The van der Waals surface area contributed by atoms with E-state index in [4.69, 9.17) is 0 Å². The predicted molar refractivity (Wildman–Crippen MR) is 87.9 cm³/mol. The second-order valence-electron chi connectivity index (χ2n) is 6.54. The summed E-state index contributed by atoms with van der Waals surface area (Å²) < 4.78 is 30.7. The van der Waals surface area contributed by atoms with Crippen molar-refractivity contribution in [3.05, 3.63) is 30.5 Å². The zero-order valence-electron chi connectivity index (χ0n) is 13.9. The Labute approximate surface area is 145 Å². The molecule has 0 aliphatic carbocycles. The lowest BCUT2D eigenvalue weighted by molar-refractivity contribution is -0.128. The lowest BCUT2D eigenvalue weighted by atomic mass is 10.2. The summed E-state index contributed by atoms with van der Waals surface area (Å²) in [5.41, 5.74) is 0.822. The minimum Gasteiger partial charge on any atom is -0.340 e. The average Bonchev–Trinajstić information content (AvgIpc) is 3.29. The van der Waals surface area contributed by atoms with Crippen molar-refractivity contribution < 1.29 is 13.2 Å². The smallest absolute Gasteiger partial charge is 0.262 e. The van der Waals surface area contributed by atoms with Crippen LogP contribution in [0.25, 0.3) is 0 Å². The highest BCUT2D eigenvalue weighted by atomic mass is 32.2. The van der Waals surface area contributed by atoms with Gasteiger partial charge in [-0.3, -0.25) is 9.48 Å². The van der Waals surface area contributed by atoms with Crippen LogP contribution in [-0.4, -0.2) is 62.5 Å². The van der Waals surface area contributed by atoms with Crippen molar-refractivity contribution in [3.63, 3.8) is 0 Å². The molecular weight excluding hydrogens is 344 g/mol. The molecule has 2 aromatic rings. The molecule has 9 nitrogen and oxygen atoms in total. The van der Waals surface area contributed by atoms with Crippen LogP contribution in [-0.2, 0) is 28.4 Å². The van der Waals surface area contributed by atoms with E-state index in [9.17, 15) is 13.2 Å². The number of imidazole rings is 1. The van der Waals surface area contributed by atoms with Crippen LogP contribution in [0.5, 0.6) is 0 Å². The van der Waals surface area contributed by atoms with Crippen LogP contribution >= 0.6 is 0 Å². The van der Waals surface area contributed by atoms with Gasteiger partial charge in [-0.1, -0.05) is 0 Å². The summed E-state index contributed by atoms with van der Waals surface area (Å²) in [7, 11) is -1.95. The van der Waals surface area contributed by atoms with E-state index in [0.29, 0.717) is 13.0 Å². The van der Waals surface area contributed by atoms with E-state index in [1.807, 2.05) is 10.7 Å². The predicted octanol–water partition coefficient (Wildman–Crippen LogP) is -0.0154. The first kappa shape index (κ1) is 16.3. The first-order valence-corrected chi connectivity index (χ1v) is 9.67. The molecule has 0 N–H and O–H groups in total. The molecule has 10 heteroatoms. The monoisotopic (exact) mass is 364 g/mol. The number of hydrogen-bond acceptors (Lipinski definition) is 5. The molecule has 2 aliphatic rings. The number of sulfonamides is 1. The Kier molecular flexibility index (Phi) is 3.88. The van der Waals surface area contributed by atoms with Gasteiger partial charge in [0.1, 0.15) is 0 Å². The van der Waals surface area contributed by atoms with Crippen LogP contribution in [0.4, 0.5) is 0 Å². The van der Waals surface area contributed by atoms with E-state index in [2.05, 4.69) is 10.1 Å². The Balaban J connectivity index is 1.62. The van der Waals surface area contributed by atoms with E-state index < -0.39 is 10.0 Å². The van der Waals surface area contributed by atoms with E-state index in [1.165, 1.54) is 16.8 Å². The second kappa shape index (κ2) is 5.95. The molecule has 0 saturated carbocycles. The fraction of sp³-hybridized carbons (Fsp3) is 0.533. The van der Waals surface area contributed by atoms with Gasteiger partial charge < -0.3 is 9.47 Å². The molecule has 25 heavy (non-hydrogen) atoms. The maximum absolute atomic E-state index is 12.9. The third kappa shape index (κ3) is 2.85. The zero-order chi connectivity index (χ0) is 17.6. The molecule has 0 radical (unpaired) electrons. The summed E-state index contributed by atoms with van der Waals surface area (Å²) >= 11 is 0. The second-order valence-corrected chi connectivity index (χ2v) is 8.42. The van der Waals surface area contributed by atoms with Gasteiger partial charge in [-0.25, -0.2) is 13.4 Å². The normalized spacial score (nSPS) is 21.7. The molecule has 1 atom stereocenters. The fourth-order valence-electron chi connectivity index (χ4n) is 3.48. The summed E-state index contributed by atoms with van der Waals surface area (Å²) in [5.74, 6) is 0.124. The van der Waals surface area contributed by atoms with Gasteiger partial charge in [0, 0.05) is 45.5 Å². The van der Waals surface area contributed by atoms with Crippen molar-refractivity contribution in [2.24, 2.45) is 7.05 Å². The average molecular weight is 364 g/mol. The molecular formula is C15H20N6O3S. The highest BCUT2D eigenvalue weighted by molar-refractivity contribution is 7.89. The summed E-state index contributed by atoms with van der Waals surface area (Å²) in [6, 6.07) is 1.62. The van der Waals surface area contributed by atoms with Crippen LogP contribution in [0.1, 0.15) is 24.6 Å². The van der Waals surface area contributed by atoms with Gasteiger partial charge in [0.25, 0.3) is 10.0 Å². The van der Waals surface area contributed by atoms with E-state index in [-0.39, 0.29) is 30.1 Å². The van der Waals surface area contributed by atoms with Crippen LogP contribution in [0.2, 0.25) is 0 Å². The maximum atomic E-state index is 12.9. The number of amides is 1. The topological polar surface area (TPSA) is 93.3 Å². The van der Waals surface area contributed by atoms with Crippen molar-refractivity contribution in [1.82, 2.24) is 28.5 Å². The number of aryl methyl sites for hydroxylation is 1. The highest BCUT2D eigenvalue weighted by Crippen LogP contribution is 2.27. The number of rotatable bonds is 4. The molecule has 2 aromatic heterocycles. The molecule has 4 rings (SSSR count). The Morgan fingerprint density at radius 2 is 2.20 bits per heavy atom.